The molecular weight excluding hydrogens is 600 g/mol. The zero-order valence-electron chi connectivity index (χ0n) is 23.6. The van der Waals surface area contributed by atoms with Crippen molar-refractivity contribution in [2.45, 2.75) is 0 Å². The first-order valence-corrected chi connectivity index (χ1v) is 10.8. The number of nitrogens with zero attached hydrogens (tertiary/aromatic N) is 2. The molecule has 0 atom stereocenters. The van der Waals surface area contributed by atoms with Gasteiger partial charge in [0.05, 0.1) is 29.4 Å². The maximum atomic E-state index is 12.2. The van der Waals surface area contributed by atoms with E-state index in [1.807, 2.05) is 0 Å². The smallest absolute Gasteiger partial charge is 0.549 e. The number of hydrogen-bond donors (Lipinski definition) is 2. The van der Waals surface area contributed by atoms with Gasteiger partial charge < -0.3 is 49.8 Å². The number of phenolic OH excluding ortho intramolecular Hbond substituents is 2. The summed E-state index contributed by atoms with van der Waals surface area (Å²) in [5, 5.41) is 60.8. The molecule has 0 aromatic heterocycles. The standard InChI is InChI=1S/C14H8O4.C10H16N2O8.4Na/c15-10-6-5-9-11(14(10)18)13(17)8-4-2-1-3-7(8)12(9)16;13-7(14)3-11(4-8(15)16)1-2-12(5-9(17)18)6-10(19)20;;;;/h1-6,15,18H;1-6H2,(H,13,14)(H,15,16)(H,17,18)(H,19,20);;;;/q;;4*+1/p-4. The summed E-state index contributed by atoms with van der Waals surface area (Å²) in [6, 6.07) is 8.97. The van der Waals surface area contributed by atoms with E-state index in [0.717, 1.165) is 9.80 Å². The largest absolute Gasteiger partial charge is 1.00 e. The third kappa shape index (κ3) is 13.9. The van der Waals surface area contributed by atoms with Crippen molar-refractivity contribution in [2.75, 3.05) is 39.3 Å². The van der Waals surface area contributed by atoms with E-state index in [1.54, 1.807) is 18.2 Å². The first-order chi connectivity index (χ1) is 17.8. The number of aromatic hydroxyl groups is 2. The first-order valence-electron chi connectivity index (χ1n) is 10.8. The number of aliphatic carboxylic acids is 4. The van der Waals surface area contributed by atoms with Crippen LogP contribution >= 0.6 is 0 Å². The summed E-state index contributed by atoms with van der Waals surface area (Å²) in [6.07, 6.45) is 0. The predicted octanol–water partition coefficient (Wildman–Crippen LogP) is -17.5. The normalized spacial score (nSPS) is 10.7. The topological polar surface area (TPSA) is 242 Å². The average Bonchev–Trinajstić information content (AvgIpc) is 2.81. The van der Waals surface area contributed by atoms with Crippen LogP contribution < -0.4 is 139 Å². The molecule has 14 nitrogen and oxygen atoms in total. The molecule has 0 unspecified atom stereocenters. The Morgan fingerprint density at radius 2 is 0.929 bits per heavy atom. The van der Waals surface area contributed by atoms with Gasteiger partial charge in [-0.15, -0.1) is 0 Å². The van der Waals surface area contributed by atoms with Gasteiger partial charge in [0.25, 0.3) is 0 Å². The van der Waals surface area contributed by atoms with Crippen LogP contribution in [0.3, 0.4) is 0 Å². The Morgan fingerprint density at radius 1 is 0.571 bits per heavy atom. The molecule has 2 aromatic rings. The van der Waals surface area contributed by atoms with Gasteiger partial charge >= 0.3 is 118 Å². The van der Waals surface area contributed by atoms with E-state index in [4.69, 9.17) is 0 Å². The van der Waals surface area contributed by atoms with Gasteiger partial charge in [0.1, 0.15) is 0 Å². The maximum absolute atomic E-state index is 12.2. The Labute approximate surface area is 328 Å². The summed E-state index contributed by atoms with van der Waals surface area (Å²) in [7, 11) is 0. The van der Waals surface area contributed by atoms with Crippen molar-refractivity contribution in [3.63, 3.8) is 0 Å². The Hall–Kier alpha value is -0.820. The summed E-state index contributed by atoms with van der Waals surface area (Å²) < 4.78 is 0. The van der Waals surface area contributed by atoms with E-state index >= 15 is 0 Å². The van der Waals surface area contributed by atoms with E-state index in [0.29, 0.717) is 5.56 Å². The summed E-state index contributed by atoms with van der Waals surface area (Å²) in [5.41, 5.74) is 0.559. The average molecular weight is 620 g/mol. The van der Waals surface area contributed by atoms with Crippen LogP contribution in [0.15, 0.2) is 36.4 Å². The van der Waals surface area contributed by atoms with Crippen molar-refractivity contribution >= 4 is 35.4 Å². The van der Waals surface area contributed by atoms with Crippen molar-refractivity contribution in [1.29, 1.82) is 0 Å². The number of carbonyl (C=O) groups is 6. The Balaban J connectivity index is -0.000000662. The molecule has 0 aliphatic heterocycles. The molecule has 0 heterocycles. The molecule has 1 aliphatic carbocycles. The fourth-order valence-electron chi connectivity index (χ4n) is 3.60. The second-order valence-corrected chi connectivity index (χ2v) is 7.97. The summed E-state index contributed by atoms with van der Waals surface area (Å²) in [5.74, 6) is -7.84. The zero-order valence-corrected chi connectivity index (χ0v) is 31.6. The van der Waals surface area contributed by atoms with Crippen LogP contribution in [0.4, 0.5) is 0 Å². The fourth-order valence-corrected chi connectivity index (χ4v) is 3.60. The Bertz CT molecular complexity index is 1220. The SMILES string of the molecule is O=C([O-])CN(CCN(CC(=O)[O-])CC(=O)[O-])CC(=O)[O-].O=C1c2ccccc2C(=O)c2c1ccc(O)c2O.[Na+].[Na+].[Na+].[Na+]. The van der Waals surface area contributed by atoms with E-state index in [1.165, 1.54) is 18.2 Å². The second-order valence-electron chi connectivity index (χ2n) is 7.97. The van der Waals surface area contributed by atoms with Gasteiger partial charge in [-0.25, -0.2) is 0 Å². The van der Waals surface area contributed by atoms with Crippen LogP contribution in [0.5, 0.6) is 11.5 Å². The fraction of sp³-hybridized carbons (Fsp3) is 0.250. The van der Waals surface area contributed by atoms with E-state index in [9.17, 15) is 59.4 Å². The van der Waals surface area contributed by atoms with Crippen LogP contribution in [-0.4, -0.2) is 94.7 Å². The van der Waals surface area contributed by atoms with E-state index in [-0.39, 0.29) is 154 Å². The minimum absolute atomic E-state index is 0. The van der Waals surface area contributed by atoms with Gasteiger partial charge in [-0.2, -0.15) is 0 Å². The Kier molecular flexibility index (Phi) is 23.7. The molecule has 202 valence electrons. The van der Waals surface area contributed by atoms with Crippen molar-refractivity contribution in [3.8, 4) is 11.5 Å². The molecule has 0 amide bonds. The monoisotopic (exact) mass is 620 g/mol. The van der Waals surface area contributed by atoms with Crippen LogP contribution in [0, 0.1) is 0 Å². The summed E-state index contributed by atoms with van der Waals surface area (Å²) in [4.78, 5) is 67.8. The number of benzene rings is 2. The van der Waals surface area contributed by atoms with E-state index in [2.05, 4.69) is 0 Å². The van der Waals surface area contributed by atoms with Gasteiger partial charge in [-0.1, -0.05) is 24.3 Å². The van der Waals surface area contributed by atoms with Crippen LogP contribution in [0.1, 0.15) is 31.8 Å². The predicted molar refractivity (Wildman–Crippen MR) is 116 cm³/mol. The van der Waals surface area contributed by atoms with Crippen molar-refractivity contribution < 1.29 is 178 Å². The number of carboxylic acids is 4. The number of carboxylic acid groups (broad SMARTS) is 4. The third-order valence-electron chi connectivity index (χ3n) is 5.19. The quantitative estimate of drug-likeness (QED) is 0.149. The number of hydrogen-bond acceptors (Lipinski definition) is 14. The van der Waals surface area contributed by atoms with Crippen molar-refractivity contribution in [3.05, 3.63) is 58.7 Å². The summed E-state index contributed by atoms with van der Waals surface area (Å²) >= 11 is 0. The number of fused-ring (bicyclic) bond motifs is 2. The van der Waals surface area contributed by atoms with Crippen molar-refractivity contribution in [1.82, 2.24) is 9.80 Å². The minimum atomic E-state index is -1.53. The van der Waals surface area contributed by atoms with Gasteiger partial charge in [-0.3, -0.25) is 19.4 Å². The number of carbonyl (C=O) groups excluding carboxylic acids is 6. The van der Waals surface area contributed by atoms with Crippen LogP contribution in [0.25, 0.3) is 0 Å². The van der Waals surface area contributed by atoms with Crippen molar-refractivity contribution in [2.24, 2.45) is 0 Å². The minimum Gasteiger partial charge on any atom is -0.549 e. The summed E-state index contributed by atoms with van der Waals surface area (Å²) in [6.45, 7) is -3.25. The molecular formula is C24H20N2Na4O12. The molecule has 0 bridgehead atoms. The molecule has 0 radical (unpaired) electrons. The van der Waals surface area contributed by atoms with Gasteiger partial charge in [0.2, 0.25) is 0 Å². The molecule has 0 fully saturated rings. The zero-order chi connectivity index (χ0) is 28.6. The Morgan fingerprint density at radius 3 is 1.29 bits per heavy atom. The molecule has 0 saturated heterocycles. The molecule has 18 heteroatoms. The van der Waals surface area contributed by atoms with E-state index < -0.39 is 67.3 Å². The molecule has 42 heavy (non-hydrogen) atoms. The molecule has 0 saturated carbocycles. The maximum Gasteiger partial charge on any atom is 1.00 e. The molecule has 3 rings (SSSR count). The number of ketones is 2. The molecule has 0 spiro atoms. The van der Waals surface area contributed by atoms with Gasteiger partial charge in [0, 0.05) is 56.0 Å². The second kappa shape index (κ2) is 21.8. The number of phenols is 2. The van der Waals surface area contributed by atoms with Gasteiger partial charge in [0.15, 0.2) is 23.1 Å². The van der Waals surface area contributed by atoms with Crippen LogP contribution in [0.2, 0.25) is 0 Å². The van der Waals surface area contributed by atoms with Gasteiger partial charge in [-0.05, 0) is 12.1 Å². The first kappa shape index (κ1) is 45.6. The number of rotatable bonds is 11. The molecule has 2 N–H and O–H groups in total. The van der Waals surface area contributed by atoms with Crippen LogP contribution in [-0.2, 0) is 19.2 Å². The molecule has 1 aliphatic rings. The third-order valence-corrected chi connectivity index (χ3v) is 5.19. The molecule has 2 aromatic carbocycles.